The second-order valence-electron chi connectivity index (χ2n) is 6.28. The molecule has 0 aliphatic heterocycles. The van der Waals surface area contributed by atoms with Crippen LogP contribution >= 0.6 is 0 Å². The molecule has 0 radical (unpaired) electrons. The Balaban J connectivity index is 1.65. The minimum Gasteiger partial charge on any atom is -0.324 e. The zero-order valence-corrected chi connectivity index (χ0v) is 15.1. The molecule has 4 aromatic rings. The molecule has 1 atom stereocenters. The molecule has 0 fully saturated rings. The lowest BCUT2D eigenvalue weighted by molar-refractivity contribution is -0.119. The standard InChI is InChI=1S/C21H17N5O2/c1-14(21(28)24-19-6-2-5-18-16(19)4-3-11-23-18)26-20(27)8-7-17(25-26)15-9-12-22-13-10-15/h2-14H,1H3,(H,24,28). The molecular formula is C21H17N5O2. The van der Waals surface area contributed by atoms with Gasteiger partial charge in [-0.2, -0.15) is 5.10 Å². The molecule has 0 spiro atoms. The van der Waals surface area contributed by atoms with Crippen LogP contribution in [0.2, 0.25) is 0 Å². The predicted octanol–water partition coefficient (Wildman–Crippen LogP) is 3.05. The van der Waals surface area contributed by atoms with Gasteiger partial charge >= 0.3 is 0 Å². The number of nitrogens with zero attached hydrogens (tertiary/aromatic N) is 4. The van der Waals surface area contributed by atoms with E-state index in [1.807, 2.05) is 24.3 Å². The largest absolute Gasteiger partial charge is 0.324 e. The molecule has 7 heteroatoms. The Morgan fingerprint density at radius 1 is 1.00 bits per heavy atom. The third kappa shape index (κ3) is 3.37. The summed E-state index contributed by atoms with van der Waals surface area (Å²) in [6.07, 6.45) is 5.00. The molecule has 0 saturated carbocycles. The number of benzene rings is 1. The Bertz CT molecular complexity index is 1200. The fourth-order valence-corrected chi connectivity index (χ4v) is 2.94. The number of nitrogens with one attached hydrogen (secondary N) is 1. The first kappa shape index (κ1) is 17.5. The zero-order valence-electron chi connectivity index (χ0n) is 15.1. The Morgan fingerprint density at radius 2 is 1.82 bits per heavy atom. The van der Waals surface area contributed by atoms with E-state index in [2.05, 4.69) is 20.4 Å². The summed E-state index contributed by atoms with van der Waals surface area (Å²) in [6.45, 7) is 1.64. The van der Waals surface area contributed by atoms with Crippen LogP contribution in [0.25, 0.3) is 22.2 Å². The second-order valence-corrected chi connectivity index (χ2v) is 6.28. The van der Waals surface area contributed by atoms with Crippen molar-refractivity contribution in [2.45, 2.75) is 13.0 Å². The molecule has 1 aromatic carbocycles. The summed E-state index contributed by atoms with van der Waals surface area (Å²) in [6, 6.07) is 15.0. The van der Waals surface area contributed by atoms with Gasteiger partial charge < -0.3 is 5.32 Å². The SMILES string of the molecule is CC(C(=O)Nc1cccc2ncccc12)n1nc(-c2ccncc2)ccc1=O. The molecule has 28 heavy (non-hydrogen) atoms. The average molecular weight is 371 g/mol. The molecule has 1 unspecified atom stereocenters. The molecule has 0 aliphatic carbocycles. The van der Waals surface area contributed by atoms with E-state index in [0.29, 0.717) is 11.4 Å². The van der Waals surface area contributed by atoms with Crippen LogP contribution in [-0.2, 0) is 4.79 Å². The lowest BCUT2D eigenvalue weighted by Gasteiger charge is -2.16. The number of fused-ring (bicyclic) bond motifs is 1. The van der Waals surface area contributed by atoms with E-state index in [0.717, 1.165) is 16.5 Å². The van der Waals surface area contributed by atoms with Gasteiger partial charge in [-0.05, 0) is 49.4 Å². The van der Waals surface area contributed by atoms with Crippen LogP contribution in [0.5, 0.6) is 0 Å². The van der Waals surface area contributed by atoms with Gasteiger partial charge in [-0.1, -0.05) is 6.07 Å². The molecular weight excluding hydrogens is 354 g/mol. The molecule has 3 heterocycles. The minimum absolute atomic E-state index is 0.335. The van der Waals surface area contributed by atoms with Crippen molar-refractivity contribution in [1.29, 1.82) is 0 Å². The smallest absolute Gasteiger partial charge is 0.267 e. The summed E-state index contributed by atoms with van der Waals surface area (Å²) in [7, 11) is 0. The van der Waals surface area contributed by atoms with Gasteiger partial charge in [-0.25, -0.2) is 4.68 Å². The van der Waals surface area contributed by atoms with Crippen molar-refractivity contribution in [3.63, 3.8) is 0 Å². The van der Waals surface area contributed by atoms with Crippen LogP contribution in [0.4, 0.5) is 5.69 Å². The van der Waals surface area contributed by atoms with Crippen molar-refractivity contribution in [1.82, 2.24) is 19.7 Å². The van der Waals surface area contributed by atoms with Gasteiger partial charge in [-0.15, -0.1) is 0 Å². The monoisotopic (exact) mass is 371 g/mol. The van der Waals surface area contributed by atoms with Crippen molar-refractivity contribution in [3.8, 4) is 11.3 Å². The van der Waals surface area contributed by atoms with Crippen molar-refractivity contribution in [2.24, 2.45) is 0 Å². The van der Waals surface area contributed by atoms with E-state index in [-0.39, 0.29) is 11.5 Å². The maximum Gasteiger partial charge on any atom is 0.267 e. The van der Waals surface area contributed by atoms with Crippen molar-refractivity contribution >= 4 is 22.5 Å². The van der Waals surface area contributed by atoms with Gasteiger partial charge in [-0.3, -0.25) is 19.6 Å². The van der Waals surface area contributed by atoms with Crippen molar-refractivity contribution in [2.75, 3.05) is 5.32 Å². The second kappa shape index (κ2) is 7.40. The molecule has 1 N–H and O–H groups in total. The highest BCUT2D eigenvalue weighted by Gasteiger charge is 2.19. The number of carbonyl (C=O) groups excluding carboxylic acids is 1. The highest BCUT2D eigenvalue weighted by Crippen LogP contribution is 2.22. The third-order valence-corrected chi connectivity index (χ3v) is 4.45. The predicted molar refractivity (Wildman–Crippen MR) is 107 cm³/mol. The van der Waals surface area contributed by atoms with Gasteiger partial charge in [0.25, 0.3) is 5.56 Å². The summed E-state index contributed by atoms with van der Waals surface area (Å²) in [5.41, 5.74) is 2.48. The highest BCUT2D eigenvalue weighted by atomic mass is 16.2. The molecule has 0 bridgehead atoms. The molecule has 3 aromatic heterocycles. The number of hydrogen-bond donors (Lipinski definition) is 1. The maximum atomic E-state index is 12.8. The van der Waals surface area contributed by atoms with E-state index in [1.165, 1.54) is 10.7 Å². The van der Waals surface area contributed by atoms with Crippen LogP contribution in [0.15, 0.2) is 78.0 Å². The van der Waals surface area contributed by atoms with Crippen molar-refractivity contribution in [3.05, 3.63) is 83.5 Å². The summed E-state index contributed by atoms with van der Waals surface area (Å²) in [5.74, 6) is -0.335. The average Bonchev–Trinajstić information content (AvgIpc) is 2.74. The van der Waals surface area contributed by atoms with Crippen LogP contribution in [-0.4, -0.2) is 25.7 Å². The lowest BCUT2D eigenvalue weighted by Crippen LogP contribution is -2.33. The first-order chi connectivity index (χ1) is 13.6. The lowest BCUT2D eigenvalue weighted by atomic mass is 10.1. The fraction of sp³-hybridized carbons (Fsp3) is 0.0952. The van der Waals surface area contributed by atoms with E-state index in [1.54, 1.807) is 49.8 Å². The number of hydrogen-bond acceptors (Lipinski definition) is 5. The topological polar surface area (TPSA) is 89.8 Å². The number of rotatable bonds is 4. The van der Waals surface area contributed by atoms with Crippen molar-refractivity contribution < 1.29 is 4.79 Å². The van der Waals surface area contributed by atoms with E-state index < -0.39 is 6.04 Å². The van der Waals surface area contributed by atoms with Gasteiger partial charge in [0.05, 0.1) is 16.9 Å². The number of carbonyl (C=O) groups is 1. The summed E-state index contributed by atoms with van der Waals surface area (Å²) in [5, 5.41) is 8.08. The first-order valence-electron chi connectivity index (χ1n) is 8.78. The molecule has 0 saturated heterocycles. The Hall–Kier alpha value is -3.87. The molecule has 0 aliphatic rings. The van der Waals surface area contributed by atoms with Gasteiger partial charge in [0.15, 0.2) is 0 Å². The number of aromatic nitrogens is 4. The summed E-state index contributed by atoms with van der Waals surface area (Å²) in [4.78, 5) is 33.4. The van der Waals surface area contributed by atoms with E-state index >= 15 is 0 Å². The summed E-state index contributed by atoms with van der Waals surface area (Å²) < 4.78 is 1.19. The molecule has 4 rings (SSSR count). The quantitative estimate of drug-likeness (QED) is 0.595. The molecule has 7 nitrogen and oxygen atoms in total. The van der Waals surface area contributed by atoms with E-state index in [4.69, 9.17) is 0 Å². The zero-order chi connectivity index (χ0) is 19.5. The number of pyridine rings is 2. The third-order valence-electron chi connectivity index (χ3n) is 4.45. The van der Waals surface area contributed by atoms with Gasteiger partial charge in [0, 0.05) is 35.6 Å². The Morgan fingerprint density at radius 3 is 2.64 bits per heavy atom. The Labute approximate surface area is 160 Å². The first-order valence-corrected chi connectivity index (χ1v) is 8.78. The summed E-state index contributed by atoms with van der Waals surface area (Å²) >= 11 is 0. The highest BCUT2D eigenvalue weighted by molar-refractivity contribution is 6.02. The van der Waals surface area contributed by atoms with Crippen LogP contribution in [0, 0.1) is 0 Å². The maximum absolute atomic E-state index is 12.8. The Kier molecular flexibility index (Phi) is 4.63. The fourth-order valence-electron chi connectivity index (χ4n) is 2.94. The normalized spacial score (nSPS) is 11.9. The van der Waals surface area contributed by atoms with Crippen LogP contribution in [0.3, 0.4) is 0 Å². The molecule has 1 amide bonds. The van der Waals surface area contributed by atoms with Gasteiger partial charge in [0.2, 0.25) is 5.91 Å². The number of anilines is 1. The van der Waals surface area contributed by atoms with Crippen LogP contribution < -0.4 is 10.9 Å². The minimum atomic E-state index is -0.791. The van der Waals surface area contributed by atoms with E-state index in [9.17, 15) is 9.59 Å². The van der Waals surface area contributed by atoms with Gasteiger partial charge in [0.1, 0.15) is 6.04 Å². The molecule has 138 valence electrons. The van der Waals surface area contributed by atoms with Crippen LogP contribution in [0.1, 0.15) is 13.0 Å². The number of amides is 1.